The van der Waals surface area contributed by atoms with Crippen LogP contribution in [-0.2, 0) is 0 Å². The van der Waals surface area contributed by atoms with Crippen LogP contribution in [0.3, 0.4) is 0 Å². The molecule has 0 aromatic carbocycles. The Kier molecular flexibility index (Phi) is 0.736. The van der Waals surface area contributed by atoms with Crippen molar-refractivity contribution in [1.82, 2.24) is 0 Å². The molecule has 0 aliphatic heterocycles. The van der Waals surface area contributed by atoms with Crippen LogP contribution in [-0.4, -0.2) is 16.9 Å². The first-order chi connectivity index (χ1) is 4.08. The van der Waals surface area contributed by atoms with Gasteiger partial charge in [-0.05, 0) is 19.3 Å². The third kappa shape index (κ3) is 0.522. The van der Waals surface area contributed by atoms with E-state index in [2.05, 4.69) is 0 Å². The van der Waals surface area contributed by atoms with Crippen molar-refractivity contribution in [2.24, 2.45) is 5.41 Å². The second-order valence-electron chi connectivity index (χ2n) is 3.62. The molecule has 1 N–H and O–H groups in total. The van der Waals surface area contributed by atoms with Gasteiger partial charge in [0.2, 0.25) is 0 Å². The van der Waals surface area contributed by atoms with E-state index in [1.54, 1.807) is 0 Å². The van der Waals surface area contributed by atoms with Gasteiger partial charge in [-0.1, -0.05) is 6.92 Å². The highest BCUT2D eigenvalue weighted by Crippen LogP contribution is 2.64. The van der Waals surface area contributed by atoms with E-state index in [9.17, 15) is 9.50 Å². The van der Waals surface area contributed by atoms with Gasteiger partial charge < -0.3 is 5.11 Å². The topological polar surface area (TPSA) is 20.2 Å². The van der Waals surface area contributed by atoms with Crippen LogP contribution in [0, 0.1) is 5.41 Å². The monoisotopic (exact) mass is 130 g/mol. The predicted octanol–water partition coefficient (Wildman–Crippen LogP) is 1.26. The summed E-state index contributed by atoms with van der Waals surface area (Å²) in [4.78, 5) is 0. The maximum absolute atomic E-state index is 12.5. The van der Waals surface area contributed by atoms with Gasteiger partial charge in [-0.15, -0.1) is 0 Å². The van der Waals surface area contributed by atoms with Crippen molar-refractivity contribution in [3.8, 4) is 0 Å². The fourth-order valence-corrected chi connectivity index (χ4v) is 1.48. The molecule has 1 nitrogen and oxygen atoms in total. The first kappa shape index (κ1) is 5.66. The minimum absolute atomic E-state index is 0.354. The Balaban J connectivity index is 2.14. The maximum atomic E-state index is 12.5. The normalized spacial score (nSPS) is 53.0. The summed E-state index contributed by atoms with van der Waals surface area (Å²) in [5, 5.41) is 9.46. The fourth-order valence-electron chi connectivity index (χ4n) is 1.48. The quantitative estimate of drug-likeness (QED) is 0.566. The second kappa shape index (κ2) is 1.17. The van der Waals surface area contributed by atoms with Crippen LogP contribution in [0.15, 0.2) is 0 Å². The van der Waals surface area contributed by atoms with Crippen LogP contribution in [0.4, 0.5) is 4.39 Å². The molecule has 2 fully saturated rings. The number of aliphatic hydroxyl groups is 1. The minimum atomic E-state index is -0.731. The van der Waals surface area contributed by atoms with Crippen molar-refractivity contribution in [2.45, 2.75) is 38.0 Å². The molecule has 0 spiro atoms. The van der Waals surface area contributed by atoms with Crippen molar-refractivity contribution in [2.75, 3.05) is 0 Å². The van der Waals surface area contributed by atoms with Crippen molar-refractivity contribution in [1.29, 1.82) is 0 Å². The van der Waals surface area contributed by atoms with E-state index in [0.717, 1.165) is 12.8 Å². The summed E-state index contributed by atoms with van der Waals surface area (Å²) in [7, 11) is 0. The smallest absolute Gasteiger partial charge is 0.109 e. The first-order valence-corrected chi connectivity index (χ1v) is 3.45. The van der Waals surface area contributed by atoms with Gasteiger partial charge in [0, 0.05) is 5.41 Å². The van der Waals surface area contributed by atoms with E-state index < -0.39 is 11.8 Å². The molecule has 0 amide bonds. The Morgan fingerprint density at radius 1 is 1.56 bits per heavy atom. The highest BCUT2D eigenvalue weighted by atomic mass is 19.1. The van der Waals surface area contributed by atoms with Gasteiger partial charge in [0.15, 0.2) is 0 Å². The molecule has 0 bridgehead atoms. The Morgan fingerprint density at radius 3 is 2.11 bits per heavy atom. The zero-order valence-electron chi connectivity index (χ0n) is 5.52. The summed E-state index contributed by atoms with van der Waals surface area (Å²) in [5.41, 5.74) is -0.959. The third-order valence-electron chi connectivity index (χ3n) is 2.92. The Bertz CT molecular complexity index is 153. The molecule has 0 aromatic rings. The standard InChI is InChI=1S/C7H11FO/c1-6(4-5(6)8)7(9)2-3-7/h5,9H,2-4H2,1H3. The molecule has 0 aromatic heterocycles. The molecule has 2 saturated carbocycles. The molecule has 0 heterocycles. The molecule has 2 atom stereocenters. The lowest BCUT2D eigenvalue weighted by Gasteiger charge is -2.14. The van der Waals surface area contributed by atoms with Gasteiger partial charge in [-0.25, -0.2) is 4.39 Å². The highest BCUT2D eigenvalue weighted by molar-refractivity contribution is 5.19. The lowest BCUT2D eigenvalue weighted by Crippen LogP contribution is -2.22. The highest BCUT2D eigenvalue weighted by Gasteiger charge is 2.69. The molecule has 2 aliphatic carbocycles. The van der Waals surface area contributed by atoms with Gasteiger partial charge in [0.25, 0.3) is 0 Å². The van der Waals surface area contributed by atoms with E-state index in [0.29, 0.717) is 6.42 Å². The molecular weight excluding hydrogens is 119 g/mol. The third-order valence-corrected chi connectivity index (χ3v) is 2.92. The Labute approximate surface area is 53.9 Å². The molecule has 2 heteroatoms. The van der Waals surface area contributed by atoms with Gasteiger partial charge in [-0.3, -0.25) is 0 Å². The molecule has 2 rings (SSSR count). The molecular formula is C7H11FO. The summed E-state index contributed by atoms with van der Waals surface area (Å²) in [6.45, 7) is 1.84. The van der Waals surface area contributed by atoms with Gasteiger partial charge in [0.05, 0.1) is 5.60 Å². The van der Waals surface area contributed by atoms with Crippen molar-refractivity contribution >= 4 is 0 Å². The van der Waals surface area contributed by atoms with Crippen molar-refractivity contribution in [3.05, 3.63) is 0 Å². The zero-order chi connectivity index (χ0) is 6.70. The van der Waals surface area contributed by atoms with Crippen molar-refractivity contribution < 1.29 is 9.50 Å². The fraction of sp³-hybridized carbons (Fsp3) is 1.00. The Morgan fingerprint density at radius 2 is 2.00 bits per heavy atom. The molecule has 2 unspecified atom stereocenters. The molecule has 2 aliphatic rings. The second-order valence-corrected chi connectivity index (χ2v) is 3.62. The van der Waals surface area contributed by atoms with E-state index in [1.165, 1.54) is 0 Å². The summed E-state index contributed by atoms with van der Waals surface area (Å²) >= 11 is 0. The largest absolute Gasteiger partial charge is 0.389 e. The molecule has 0 saturated heterocycles. The van der Waals surface area contributed by atoms with E-state index in [1.807, 2.05) is 6.92 Å². The van der Waals surface area contributed by atoms with E-state index in [-0.39, 0.29) is 5.41 Å². The lowest BCUT2D eigenvalue weighted by molar-refractivity contribution is 0.0621. The average Bonchev–Trinajstić information content (AvgIpc) is 2.57. The first-order valence-electron chi connectivity index (χ1n) is 3.45. The van der Waals surface area contributed by atoms with Crippen LogP contribution in [0.2, 0.25) is 0 Å². The molecule has 9 heavy (non-hydrogen) atoms. The van der Waals surface area contributed by atoms with Crippen LogP contribution >= 0.6 is 0 Å². The van der Waals surface area contributed by atoms with Crippen molar-refractivity contribution in [3.63, 3.8) is 0 Å². The molecule has 0 radical (unpaired) electrons. The van der Waals surface area contributed by atoms with Crippen LogP contribution < -0.4 is 0 Å². The zero-order valence-corrected chi connectivity index (χ0v) is 5.52. The predicted molar refractivity (Wildman–Crippen MR) is 31.8 cm³/mol. The lowest BCUT2D eigenvalue weighted by atomic mass is 10.00. The van der Waals surface area contributed by atoms with Gasteiger partial charge in [0.1, 0.15) is 6.17 Å². The van der Waals surface area contributed by atoms with Gasteiger partial charge in [-0.2, -0.15) is 0 Å². The SMILES string of the molecule is CC1(C2(O)CC2)CC1F. The number of alkyl halides is 1. The summed E-state index contributed by atoms with van der Waals surface area (Å²) in [6, 6.07) is 0. The Hall–Kier alpha value is -0.110. The number of rotatable bonds is 1. The summed E-state index contributed by atoms with van der Waals surface area (Å²) < 4.78 is 12.5. The van der Waals surface area contributed by atoms with Crippen LogP contribution in [0.25, 0.3) is 0 Å². The summed E-state index contributed by atoms with van der Waals surface area (Å²) in [6.07, 6.45) is 1.46. The minimum Gasteiger partial charge on any atom is -0.389 e. The van der Waals surface area contributed by atoms with Gasteiger partial charge >= 0.3 is 0 Å². The average molecular weight is 130 g/mol. The molecule has 52 valence electrons. The number of hydrogen-bond donors (Lipinski definition) is 1. The summed E-state index contributed by atoms with van der Waals surface area (Å²) in [5.74, 6) is 0. The van der Waals surface area contributed by atoms with Crippen LogP contribution in [0.5, 0.6) is 0 Å². The van der Waals surface area contributed by atoms with E-state index >= 15 is 0 Å². The van der Waals surface area contributed by atoms with E-state index in [4.69, 9.17) is 0 Å². The van der Waals surface area contributed by atoms with Crippen LogP contribution in [0.1, 0.15) is 26.2 Å². The number of hydrogen-bond acceptors (Lipinski definition) is 1. The number of halogens is 1. The maximum Gasteiger partial charge on any atom is 0.109 e.